The van der Waals surface area contributed by atoms with Crippen molar-refractivity contribution >= 4 is 5.91 Å². The van der Waals surface area contributed by atoms with Crippen LogP contribution >= 0.6 is 0 Å². The Morgan fingerprint density at radius 1 is 1.60 bits per heavy atom. The number of carbonyl (C=O) groups is 1. The van der Waals surface area contributed by atoms with Gasteiger partial charge in [-0.2, -0.15) is 0 Å². The number of hydrazine groups is 1. The summed E-state index contributed by atoms with van der Waals surface area (Å²) in [6.07, 6.45) is 2.32. The van der Waals surface area contributed by atoms with Gasteiger partial charge in [0, 0.05) is 18.5 Å². The Bertz CT molecular complexity index is 204. The fraction of sp³-hybridized carbons (Fsp3) is 0.900. The molecule has 5 heteroatoms. The van der Waals surface area contributed by atoms with E-state index in [0.717, 1.165) is 32.5 Å². The van der Waals surface area contributed by atoms with Gasteiger partial charge in [0.05, 0.1) is 0 Å². The summed E-state index contributed by atoms with van der Waals surface area (Å²) in [6.45, 7) is 4.83. The van der Waals surface area contributed by atoms with E-state index in [9.17, 15) is 4.79 Å². The number of rotatable bonds is 4. The molecular weight excluding hydrogens is 192 g/mol. The maximum absolute atomic E-state index is 11.3. The highest BCUT2D eigenvalue weighted by Crippen LogP contribution is 2.11. The van der Waals surface area contributed by atoms with Gasteiger partial charge >= 0.3 is 0 Å². The number of amides is 1. The van der Waals surface area contributed by atoms with E-state index in [1.165, 1.54) is 0 Å². The van der Waals surface area contributed by atoms with Crippen LogP contribution in [0.2, 0.25) is 0 Å². The first-order valence-corrected chi connectivity index (χ1v) is 5.56. The van der Waals surface area contributed by atoms with E-state index < -0.39 is 0 Å². The van der Waals surface area contributed by atoms with Crippen LogP contribution in [-0.4, -0.2) is 43.5 Å². The summed E-state index contributed by atoms with van der Waals surface area (Å²) in [6, 6.07) is 0.597. The summed E-state index contributed by atoms with van der Waals surface area (Å²) >= 11 is 0. The van der Waals surface area contributed by atoms with Gasteiger partial charge in [-0.15, -0.1) is 0 Å². The van der Waals surface area contributed by atoms with Crippen molar-refractivity contribution in [3.8, 4) is 0 Å². The van der Waals surface area contributed by atoms with Crippen molar-refractivity contribution in [2.24, 2.45) is 11.8 Å². The second kappa shape index (κ2) is 6.05. The third-order valence-electron chi connectivity index (χ3n) is 3.08. The summed E-state index contributed by atoms with van der Waals surface area (Å²) in [5.41, 5.74) is 2.20. The predicted molar refractivity (Wildman–Crippen MR) is 60.0 cm³/mol. The van der Waals surface area contributed by atoms with Crippen LogP contribution in [0.25, 0.3) is 0 Å². The van der Waals surface area contributed by atoms with Crippen LogP contribution in [-0.2, 0) is 4.79 Å². The Labute approximate surface area is 91.3 Å². The van der Waals surface area contributed by atoms with Crippen LogP contribution in [0.1, 0.15) is 19.8 Å². The molecular formula is C10H22N4O. The first-order chi connectivity index (χ1) is 7.15. The molecule has 0 radical (unpaired) electrons. The highest BCUT2D eigenvalue weighted by Gasteiger charge is 2.21. The minimum absolute atomic E-state index is 0.0464. The van der Waals surface area contributed by atoms with Gasteiger partial charge in [0.2, 0.25) is 5.91 Å². The molecule has 1 amide bonds. The molecule has 0 bridgehead atoms. The van der Waals surface area contributed by atoms with E-state index >= 15 is 0 Å². The predicted octanol–water partition coefficient (Wildman–Crippen LogP) is -0.704. The van der Waals surface area contributed by atoms with E-state index in [1.54, 1.807) is 0 Å². The van der Waals surface area contributed by atoms with Gasteiger partial charge in [0.15, 0.2) is 0 Å². The Morgan fingerprint density at radius 3 is 2.73 bits per heavy atom. The maximum atomic E-state index is 11.3. The van der Waals surface area contributed by atoms with Gasteiger partial charge in [-0.05, 0) is 33.0 Å². The summed E-state index contributed by atoms with van der Waals surface area (Å²) in [7, 11) is 2.08. The molecule has 0 aliphatic carbocycles. The second-order valence-electron chi connectivity index (χ2n) is 4.33. The molecule has 1 fully saturated rings. The van der Waals surface area contributed by atoms with E-state index in [0.29, 0.717) is 6.04 Å². The monoisotopic (exact) mass is 214 g/mol. The largest absolute Gasteiger partial charge is 0.317 e. The van der Waals surface area contributed by atoms with Crippen molar-refractivity contribution in [2.75, 3.05) is 26.7 Å². The molecule has 1 unspecified atom stereocenters. The number of nitrogens with zero attached hydrogens (tertiary/aromatic N) is 1. The Kier molecular flexibility index (Phi) is 5.01. The van der Waals surface area contributed by atoms with Crippen molar-refractivity contribution < 1.29 is 4.79 Å². The van der Waals surface area contributed by atoms with Gasteiger partial charge in [-0.1, -0.05) is 6.92 Å². The van der Waals surface area contributed by atoms with Crippen LogP contribution in [0, 0.1) is 5.92 Å². The summed E-state index contributed by atoms with van der Waals surface area (Å²) in [4.78, 5) is 13.5. The molecule has 0 aromatic heterocycles. The van der Waals surface area contributed by atoms with Crippen molar-refractivity contribution in [3.63, 3.8) is 0 Å². The molecule has 1 aliphatic rings. The van der Waals surface area contributed by atoms with Crippen LogP contribution in [0.4, 0.5) is 0 Å². The summed E-state index contributed by atoms with van der Waals surface area (Å²) in [5.74, 6) is 4.97. The number of nitrogens with one attached hydrogen (secondary N) is 2. The second-order valence-corrected chi connectivity index (χ2v) is 4.33. The zero-order valence-electron chi connectivity index (χ0n) is 9.62. The Balaban J connectivity index is 2.33. The lowest BCUT2D eigenvalue weighted by Crippen LogP contribution is -2.45. The first kappa shape index (κ1) is 12.4. The zero-order chi connectivity index (χ0) is 11.3. The van der Waals surface area contributed by atoms with Gasteiger partial charge < -0.3 is 10.2 Å². The van der Waals surface area contributed by atoms with Crippen LogP contribution in [0.3, 0.4) is 0 Å². The molecule has 0 aromatic carbocycles. The van der Waals surface area contributed by atoms with Crippen molar-refractivity contribution in [3.05, 3.63) is 0 Å². The molecule has 1 rings (SSSR count). The van der Waals surface area contributed by atoms with Gasteiger partial charge in [-0.3, -0.25) is 10.2 Å². The van der Waals surface area contributed by atoms with Gasteiger partial charge in [-0.25, -0.2) is 5.84 Å². The number of piperidine rings is 1. The van der Waals surface area contributed by atoms with Crippen LogP contribution in [0.15, 0.2) is 0 Å². The lowest BCUT2D eigenvalue weighted by atomic mass is 10.0. The molecule has 5 nitrogen and oxygen atoms in total. The molecule has 4 N–H and O–H groups in total. The van der Waals surface area contributed by atoms with E-state index in [-0.39, 0.29) is 11.8 Å². The molecule has 0 aromatic rings. The normalized spacial score (nSPS) is 20.3. The molecule has 0 spiro atoms. The van der Waals surface area contributed by atoms with Crippen molar-refractivity contribution in [1.29, 1.82) is 0 Å². The van der Waals surface area contributed by atoms with Gasteiger partial charge in [0.1, 0.15) is 0 Å². The van der Waals surface area contributed by atoms with Gasteiger partial charge in [0.25, 0.3) is 0 Å². The third-order valence-corrected chi connectivity index (χ3v) is 3.08. The lowest BCUT2D eigenvalue weighted by Gasteiger charge is -2.32. The topological polar surface area (TPSA) is 70.4 Å². The van der Waals surface area contributed by atoms with Crippen molar-refractivity contribution in [1.82, 2.24) is 15.6 Å². The molecule has 1 saturated heterocycles. The quantitative estimate of drug-likeness (QED) is 0.329. The molecule has 1 atom stereocenters. The smallest absolute Gasteiger partial charge is 0.237 e. The summed E-state index contributed by atoms with van der Waals surface area (Å²) in [5, 5.41) is 3.33. The molecule has 1 aliphatic heterocycles. The van der Waals surface area contributed by atoms with E-state index in [4.69, 9.17) is 5.84 Å². The first-order valence-electron chi connectivity index (χ1n) is 5.56. The number of hydrogen-bond acceptors (Lipinski definition) is 4. The third kappa shape index (κ3) is 3.77. The SMILES string of the molecule is CC(CN(C)C1CCNCC1)C(=O)NN. The minimum Gasteiger partial charge on any atom is -0.317 e. The maximum Gasteiger partial charge on any atom is 0.237 e. The molecule has 0 saturated carbocycles. The highest BCUT2D eigenvalue weighted by molar-refractivity contribution is 5.77. The zero-order valence-corrected chi connectivity index (χ0v) is 9.62. The fourth-order valence-electron chi connectivity index (χ4n) is 2.05. The standard InChI is InChI=1S/C10H22N4O/c1-8(10(15)13-11)7-14(2)9-3-5-12-6-4-9/h8-9,12H,3-7,11H2,1-2H3,(H,13,15). The van der Waals surface area contributed by atoms with Crippen LogP contribution < -0.4 is 16.6 Å². The molecule has 88 valence electrons. The average Bonchev–Trinajstić information content (AvgIpc) is 2.29. The number of carbonyl (C=O) groups excluding carboxylic acids is 1. The Hall–Kier alpha value is -0.650. The fourth-order valence-corrected chi connectivity index (χ4v) is 2.05. The Morgan fingerprint density at radius 2 is 2.20 bits per heavy atom. The lowest BCUT2D eigenvalue weighted by molar-refractivity contribution is -0.125. The summed E-state index contributed by atoms with van der Waals surface area (Å²) < 4.78 is 0. The molecule has 15 heavy (non-hydrogen) atoms. The highest BCUT2D eigenvalue weighted by atomic mass is 16.2. The van der Waals surface area contributed by atoms with Crippen molar-refractivity contribution in [2.45, 2.75) is 25.8 Å². The van der Waals surface area contributed by atoms with E-state index in [2.05, 4.69) is 22.7 Å². The number of hydrogen-bond donors (Lipinski definition) is 3. The average molecular weight is 214 g/mol. The van der Waals surface area contributed by atoms with Crippen LogP contribution in [0.5, 0.6) is 0 Å². The van der Waals surface area contributed by atoms with E-state index in [1.807, 2.05) is 6.92 Å². The number of nitrogens with two attached hydrogens (primary N) is 1. The minimum atomic E-state index is -0.0872. The molecule has 1 heterocycles.